The predicted molar refractivity (Wildman–Crippen MR) is 131 cm³/mol. The van der Waals surface area contributed by atoms with Gasteiger partial charge in [-0.2, -0.15) is 0 Å². The van der Waals surface area contributed by atoms with Gasteiger partial charge in [-0.15, -0.1) is 11.8 Å². The van der Waals surface area contributed by atoms with E-state index in [0.29, 0.717) is 22.3 Å². The van der Waals surface area contributed by atoms with Crippen molar-refractivity contribution in [3.8, 4) is 0 Å². The second kappa shape index (κ2) is 11.9. The Kier molecular flexibility index (Phi) is 8.95. The van der Waals surface area contributed by atoms with Gasteiger partial charge in [-0.1, -0.05) is 56.5 Å². The van der Waals surface area contributed by atoms with Crippen LogP contribution in [0.1, 0.15) is 49.0 Å². The molecule has 1 aliphatic carbocycles. The zero-order valence-electron chi connectivity index (χ0n) is 19.4. The molecular formula is C26H32N2O4S. The van der Waals surface area contributed by atoms with Crippen LogP contribution in [0.5, 0.6) is 0 Å². The number of hydrogen-bond acceptors (Lipinski definition) is 5. The fourth-order valence-electron chi connectivity index (χ4n) is 3.98. The van der Waals surface area contributed by atoms with Crippen molar-refractivity contribution >= 4 is 35.2 Å². The number of amides is 2. The number of ether oxygens (including phenoxy) is 1. The van der Waals surface area contributed by atoms with Gasteiger partial charge in [0, 0.05) is 16.6 Å². The fourth-order valence-corrected chi connectivity index (χ4v) is 4.82. The molecule has 33 heavy (non-hydrogen) atoms. The zero-order valence-corrected chi connectivity index (χ0v) is 20.2. The zero-order chi connectivity index (χ0) is 23.8. The largest absolute Gasteiger partial charge is 0.452 e. The van der Waals surface area contributed by atoms with Crippen LogP contribution in [0.25, 0.3) is 0 Å². The van der Waals surface area contributed by atoms with Crippen LogP contribution < -0.4 is 10.6 Å². The molecule has 7 heteroatoms. The van der Waals surface area contributed by atoms with Crippen molar-refractivity contribution in [1.29, 1.82) is 0 Å². The van der Waals surface area contributed by atoms with Gasteiger partial charge in [-0.05, 0) is 49.4 Å². The van der Waals surface area contributed by atoms with Gasteiger partial charge in [0.15, 0.2) is 6.61 Å². The third-order valence-corrected chi connectivity index (χ3v) is 7.26. The summed E-state index contributed by atoms with van der Waals surface area (Å²) in [4.78, 5) is 37.9. The molecule has 0 aromatic heterocycles. The van der Waals surface area contributed by atoms with Gasteiger partial charge in [0.2, 0.25) is 5.91 Å². The maximum Gasteiger partial charge on any atom is 0.339 e. The van der Waals surface area contributed by atoms with Crippen LogP contribution in [0.2, 0.25) is 0 Å². The number of nitrogens with one attached hydrogen (secondary N) is 2. The highest BCUT2D eigenvalue weighted by atomic mass is 32.2. The first-order valence-corrected chi connectivity index (χ1v) is 12.4. The third kappa shape index (κ3) is 7.35. The number of anilines is 1. The average Bonchev–Trinajstić information content (AvgIpc) is 2.81. The Balaban J connectivity index is 1.50. The number of carbonyl (C=O) groups excluding carboxylic acids is 3. The summed E-state index contributed by atoms with van der Waals surface area (Å²) in [5, 5.41) is 5.86. The molecule has 0 heterocycles. The van der Waals surface area contributed by atoms with E-state index in [-0.39, 0.29) is 30.2 Å². The molecule has 2 aromatic carbocycles. The molecule has 0 unspecified atom stereocenters. The summed E-state index contributed by atoms with van der Waals surface area (Å²) in [6.45, 7) is 6.03. The Hall–Kier alpha value is -2.80. The van der Waals surface area contributed by atoms with E-state index in [1.807, 2.05) is 31.2 Å². The number of aryl methyl sites for hydroxylation is 1. The van der Waals surface area contributed by atoms with E-state index in [0.717, 1.165) is 24.1 Å². The molecule has 176 valence electrons. The standard InChI is InChI=1S/C26H32N2O4S/c1-17-11-13-20(14-12-17)27-25(30)16-33-23-10-5-4-8-21(23)26(31)32-15-24(29)28-22-9-6-7-18(2)19(22)3/h4-5,8,10-14,18-19,22H,6-7,9,15-16H2,1-3H3,(H,27,30)(H,28,29)/t18-,19-,22-/m1/s1. The summed E-state index contributed by atoms with van der Waals surface area (Å²) in [7, 11) is 0. The lowest BCUT2D eigenvalue weighted by atomic mass is 9.78. The molecule has 2 amide bonds. The van der Waals surface area contributed by atoms with Crippen molar-refractivity contribution < 1.29 is 19.1 Å². The minimum atomic E-state index is -0.572. The van der Waals surface area contributed by atoms with Crippen LogP contribution >= 0.6 is 11.8 Å². The van der Waals surface area contributed by atoms with Crippen LogP contribution in [-0.2, 0) is 14.3 Å². The molecule has 0 spiro atoms. The molecule has 0 saturated heterocycles. The first-order chi connectivity index (χ1) is 15.8. The molecule has 0 radical (unpaired) electrons. The predicted octanol–water partition coefficient (Wildman–Crippen LogP) is 4.82. The molecule has 1 saturated carbocycles. The van der Waals surface area contributed by atoms with E-state index in [2.05, 4.69) is 24.5 Å². The molecule has 1 aliphatic rings. The summed E-state index contributed by atoms with van der Waals surface area (Å²) in [5.41, 5.74) is 2.19. The van der Waals surface area contributed by atoms with Crippen molar-refractivity contribution in [2.24, 2.45) is 11.8 Å². The number of carbonyl (C=O) groups is 3. The van der Waals surface area contributed by atoms with E-state index in [1.165, 1.54) is 18.2 Å². The van der Waals surface area contributed by atoms with E-state index in [1.54, 1.807) is 24.3 Å². The second-order valence-electron chi connectivity index (χ2n) is 8.72. The van der Waals surface area contributed by atoms with E-state index >= 15 is 0 Å². The SMILES string of the molecule is Cc1ccc(NC(=O)CSc2ccccc2C(=O)OCC(=O)N[C@@H]2CCC[C@@H](C)[C@H]2C)cc1. The van der Waals surface area contributed by atoms with Gasteiger partial charge in [-0.3, -0.25) is 9.59 Å². The lowest BCUT2D eigenvalue weighted by Crippen LogP contribution is -2.45. The molecule has 3 rings (SSSR count). The van der Waals surface area contributed by atoms with Crippen LogP contribution in [0.3, 0.4) is 0 Å². The Bertz CT molecular complexity index is 977. The normalized spacial score (nSPS) is 20.0. The van der Waals surface area contributed by atoms with Gasteiger partial charge < -0.3 is 15.4 Å². The van der Waals surface area contributed by atoms with Crippen molar-refractivity contribution in [2.45, 2.75) is 51.0 Å². The fraction of sp³-hybridized carbons (Fsp3) is 0.423. The van der Waals surface area contributed by atoms with Crippen molar-refractivity contribution in [1.82, 2.24) is 5.32 Å². The van der Waals surface area contributed by atoms with Gasteiger partial charge in [0.1, 0.15) is 0 Å². The first-order valence-electron chi connectivity index (χ1n) is 11.4. The van der Waals surface area contributed by atoms with Gasteiger partial charge in [-0.25, -0.2) is 4.79 Å². The lowest BCUT2D eigenvalue weighted by molar-refractivity contribution is -0.125. The topological polar surface area (TPSA) is 84.5 Å². The van der Waals surface area contributed by atoms with Crippen molar-refractivity contribution in [3.05, 3.63) is 59.7 Å². The molecule has 6 nitrogen and oxygen atoms in total. The van der Waals surface area contributed by atoms with Crippen molar-refractivity contribution in [2.75, 3.05) is 17.7 Å². The smallest absolute Gasteiger partial charge is 0.339 e. The van der Waals surface area contributed by atoms with E-state index in [4.69, 9.17) is 4.74 Å². The third-order valence-electron chi connectivity index (χ3n) is 6.19. The number of rotatable bonds is 8. The minimum absolute atomic E-state index is 0.120. The van der Waals surface area contributed by atoms with Crippen molar-refractivity contribution in [3.63, 3.8) is 0 Å². The lowest BCUT2D eigenvalue weighted by Gasteiger charge is -2.34. The van der Waals surface area contributed by atoms with Crippen LogP contribution in [0, 0.1) is 18.8 Å². The molecule has 2 aromatic rings. The maximum absolute atomic E-state index is 12.6. The highest BCUT2D eigenvalue weighted by Gasteiger charge is 2.28. The average molecular weight is 469 g/mol. The van der Waals surface area contributed by atoms with Gasteiger partial charge in [0.25, 0.3) is 5.91 Å². The highest BCUT2D eigenvalue weighted by Crippen LogP contribution is 2.29. The van der Waals surface area contributed by atoms with Crippen LogP contribution in [0.15, 0.2) is 53.4 Å². The Morgan fingerprint density at radius 2 is 1.73 bits per heavy atom. The summed E-state index contributed by atoms with van der Waals surface area (Å²) in [6, 6.07) is 14.6. The Morgan fingerprint density at radius 1 is 1.00 bits per heavy atom. The number of hydrogen-bond donors (Lipinski definition) is 2. The van der Waals surface area contributed by atoms with Crippen LogP contribution in [0.4, 0.5) is 5.69 Å². The number of benzene rings is 2. The van der Waals surface area contributed by atoms with Gasteiger partial charge in [0.05, 0.1) is 11.3 Å². The minimum Gasteiger partial charge on any atom is -0.452 e. The first kappa shape index (κ1) is 24.8. The quantitative estimate of drug-likeness (QED) is 0.428. The summed E-state index contributed by atoms with van der Waals surface area (Å²) in [5.74, 6) is 0.104. The molecule has 0 aliphatic heterocycles. The molecular weight excluding hydrogens is 436 g/mol. The molecule has 3 atom stereocenters. The monoisotopic (exact) mass is 468 g/mol. The highest BCUT2D eigenvalue weighted by molar-refractivity contribution is 8.00. The van der Waals surface area contributed by atoms with E-state index in [9.17, 15) is 14.4 Å². The molecule has 1 fully saturated rings. The molecule has 0 bridgehead atoms. The maximum atomic E-state index is 12.6. The molecule has 2 N–H and O–H groups in total. The van der Waals surface area contributed by atoms with E-state index < -0.39 is 5.97 Å². The summed E-state index contributed by atoms with van der Waals surface area (Å²) >= 11 is 1.26. The summed E-state index contributed by atoms with van der Waals surface area (Å²) < 4.78 is 5.28. The second-order valence-corrected chi connectivity index (χ2v) is 9.73. The van der Waals surface area contributed by atoms with Gasteiger partial charge >= 0.3 is 5.97 Å². The van der Waals surface area contributed by atoms with Crippen LogP contribution in [-0.4, -0.2) is 36.2 Å². The number of esters is 1. The summed E-state index contributed by atoms with van der Waals surface area (Å²) in [6.07, 6.45) is 3.23. The Labute approximate surface area is 199 Å². The Morgan fingerprint density at radius 3 is 2.48 bits per heavy atom. The number of thioether (sulfide) groups is 1.